The van der Waals surface area contributed by atoms with Crippen molar-refractivity contribution in [2.45, 2.75) is 0 Å². The quantitative estimate of drug-likeness (QED) is 0.832. The zero-order valence-electron chi connectivity index (χ0n) is 9.26. The zero-order chi connectivity index (χ0) is 13.0. The highest BCUT2D eigenvalue weighted by Crippen LogP contribution is 2.46. The van der Waals surface area contributed by atoms with E-state index in [1.54, 1.807) is 30.3 Å². The lowest BCUT2D eigenvalue weighted by Gasteiger charge is -2.14. The fraction of sp³-hybridized carbons (Fsp3) is 0. The topological polar surface area (TPSA) is 76.0 Å². The third-order valence-corrected chi connectivity index (χ3v) is 2.91. The van der Waals surface area contributed by atoms with Gasteiger partial charge >= 0.3 is 7.82 Å². The van der Waals surface area contributed by atoms with Gasteiger partial charge in [-0.05, 0) is 24.3 Å². The molecule has 5 nitrogen and oxygen atoms in total. The average molecular weight is 266 g/mol. The van der Waals surface area contributed by atoms with Crippen molar-refractivity contribution in [1.29, 1.82) is 0 Å². The Morgan fingerprint density at radius 1 is 0.889 bits per heavy atom. The maximum Gasteiger partial charge on any atom is 0.585 e. The molecule has 2 N–H and O–H groups in total. The Balaban J connectivity index is 2.13. The monoisotopic (exact) mass is 266 g/mol. The van der Waals surface area contributed by atoms with Crippen LogP contribution in [-0.2, 0) is 4.57 Å². The first kappa shape index (κ1) is 12.5. The Morgan fingerprint density at radius 3 is 2.17 bits per heavy atom. The van der Waals surface area contributed by atoms with Crippen molar-refractivity contribution in [3.05, 3.63) is 54.6 Å². The van der Waals surface area contributed by atoms with Crippen LogP contribution < -0.4 is 9.05 Å². The summed E-state index contributed by atoms with van der Waals surface area (Å²) in [5.74, 6) is -0.138. The number of aromatic hydroxyl groups is 1. The molecule has 0 spiro atoms. The number of rotatable bonds is 4. The lowest BCUT2D eigenvalue weighted by molar-refractivity contribution is 0.285. The van der Waals surface area contributed by atoms with Gasteiger partial charge in [0.05, 0.1) is 0 Å². The van der Waals surface area contributed by atoms with Crippen molar-refractivity contribution in [2.75, 3.05) is 0 Å². The number of benzene rings is 2. The summed E-state index contributed by atoms with van der Waals surface area (Å²) in [6.45, 7) is 0. The molecular formula is C12H11O5P. The fourth-order valence-corrected chi connectivity index (χ4v) is 2.12. The van der Waals surface area contributed by atoms with E-state index in [0.717, 1.165) is 0 Å². The molecule has 94 valence electrons. The second-order valence-electron chi connectivity index (χ2n) is 3.43. The van der Waals surface area contributed by atoms with Gasteiger partial charge in [0.1, 0.15) is 5.75 Å². The van der Waals surface area contributed by atoms with Gasteiger partial charge in [0.15, 0.2) is 11.5 Å². The first-order chi connectivity index (χ1) is 8.57. The summed E-state index contributed by atoms with van der Waals surface area (Å²) < 4.78 is 21.3. The summed E-state index contributed by atoms with van der Waals surface area (Å²) in [5, 5.41) is 9.43. The van der Waals surface area contributed by atoms with Crippen molar-refractivity contribution in [3.63, 3.8) is 0 Å². The van der Waals surface area contributed by atoms with E-state index in [4.69, 9.17) is 9.05 Å². The van der Waals surface area contributed by atoms with Gasteiger partial charge in [-0.3, -0.25) is 4.89 Å². The maximum atomic E-state index is 11.7. The molecule has 2 aromatic carbocycles. The molecule has 0 amide bonds. The minimum Gasteiger partial charge on any atom is -0.504 e. The summed E-state index contributed by atoms with van der Waals surface area (Å²) >= 11 is 0. The summed E-state index contributed by atoms with van der Waals surface area (Å²) in [4.78, 5) is 9.55. The van der Waals surface area contributed by atoms with Gasteiger partial charge in [0.25, 0.3) is 0 Å². The SMILES string of the molecule is O=P(O)(Oc1ccccc1)Oc1ccccc1O. The number of phenolic OH excluding ortho intramolecular Hbond substituents is 1. The average Bonchev–Trinajstić information content (AvgIpc) is 2.32. The number of para-hydroxylation sites is 3. The van der Waals surface area contributed by atoms with Crippen LogP contribution in [0.5, 0.6) is 17.2 Å². The molecule has 1 unspecified atom stereocenters. The molecule has 0 aliphatic heterocycles. The lowest BCUT2D eigenvalue weighted by atomic mass is 10.3. The van der Waals surface area contributed by atoms with Crippen molar-refractivity contribution < 1.29 is 23.6 Å². The van der Waals surface area contributed by atoms with Gasteiger partial charge in [-0.2, -0.15) is 0 Å². The maximum absolute atomic E-state index is 11.7. The van der Waals surface area contributed by atoms with Gasteiger partial charge in [0, 0.05) is 0 Å². The van der Waals surface area contributed by atoms with Crippen LogP contribution >= 0.6 is 7.82 Å². The standard InChI is InChI=1S/C12H11O5P/c13-11-8-4-5-9-12(11)17-18(14,15)16-10-6-2-1-3-7-10/h1-9,13H,(H,14,15). The van der Waals surface area contributed by atoms with E-state index in [1.165, 1.54) is 24.3 Å². The molecule has 0 heterocycles. The lowest BCUT2D eigenvalue weighted by Crippen LogP contribution is -1.99. The smallest absolute Gasteiger partial charge is 0.504 e. The Morgan fingerprint density at radius 2 is 1.50 bits per heavy atom. The summed E-state index contributed by atoms with van der Waals surface area (Å²) in [6.07, 6.45) is 0. The minimum absolute atomic E-state index is 0.112. The van der Waals surface area contributed by atoms with Crippen LogP contribution in [0.1, 0.15) is 0 Å². The van der Waals surface area contributed by atoms with Gasteiger partial charge < -0.3 is 14.2 Å². The molecule has 0 radical (unpaired) electrons. The van der Waals surface area contributed by atoms with E-state index in [-0.39, 0.29) is 17.2 Å². The van der Waals surface area contributed by atoms with Crippen LogP contribution in [-0.4, -0.2) is 10.00 Å². The molecule has 0 aromatic heterocycles. The van der Waals surface area contributed by atoms with Gasteiger partial charge in [0.2, 0.25) is 0 Å². The highest BCUT2D eigenvalue weighted by atomic mass is 31.2. The van der Waals surface area contributed by atoms with Crippen molar-refractivity contribution in [1.82, 2.24) is 0 Å². The third-order valence-electron chi connectivity index (χ3n) is 2.04. The fourth-order valence-electron chi connectivity index (χ4n) is 1.29. The molecule has 0 bridgehead atoms. The largest absolute Gasteiger partial charge is 0.585 e. The van der Waals surface area contributed by atoms with Crippen LogP contribution in [0, 0.1) is 0 Å². The molecular weight excluding hydrogens is 255 g/mol. The van der Waals surface area contributed by atoms with E-state index < -0.39 is 7.82 Å². The van der Waals surface area contributed by atoms with Crippen LogP contribution in [0.15, 0.2) is 54.6 Å². The zero-order valence-corrected chi connectivity index (χ0v) is 10.2. The molecule has 1 atom stereocenters. The molecule has 0 aliphatic carbocycles. The minimum atomic E-state index is -4.32. The molecule has 0 aliphatic rings. The van der Waals surface area contributed by atoms with E-state index in [2.05, 4.69) is 0 Å². The van der Waals surface area contributed by atoms with E-state index >= 15 is 0 Å². The summed E-state index contributed by atoms with van der Waals surface area (Å²) in [5.41, 5.74) is 0. The van der Waals surface area contributed by atoms with Crippen LogP contribution in [0.4, 0.5) is 0 Å². The molecule has 0 saturated heterocycles. The molecule has 2 rings (SSSR count). The number of phosphoric ester groups is 1. The number of hydrogen-bond donors (Lipinski definition) is 2. The van der Waals surface area contributed by atoms with Crippen molar-refractivity contribution in [2.24, 2.45) is 0 Å². The highest BCUT2D eigenvalue weighted by Gasteiger charge is 2.26. The summed E-state index contributed by atoms with van der Waals surface area (Å²) in [7, 11) is -4.32. The number of hydrogen-bond acceptors (Lipinski definition) is 4. The number of phenols is 1. The predicted octanol–water partition coefficient (Wildman–Crippen LogP) is 2.95. The summed E-state index contributed by atoms with van der Waals surface area (Å²) in [6, 6.07) is 14.0. The highest BCUT2D eigenvalue weighted by molar-refractivity contribution is 7.48. The number of phosphoric acid groups is 1. The Bertz CT molecular complexity index is 570. The van der Waals surface area contributed by atoms with Crippen LogP contribution in [0.25, 0.3) is 0 Å². The van der Waals surface area contributed by atoms with E-state index in [1.807, 2.05) is 0 Å². The third kappa shape index (κ3) is 3.26. The predicted molar refractivity (Wildman–Crippen MR) is 65.6 cm³/mol. The van der Waals surface area contributed by atoms with Crippen LogP contribution in [0.2, 0.25) is 0 Å². The Labute approximate surface area is 104 Å². The van der Waals surface area contributed by atoms with Gasteiger partial charge in [-0.15, -0.1) is 0 Å². The van der Waals surface area contributed by atoms with Gasteiger partial charge in [-0.1, -0.05) is 30.3 Å². The second-order valence-corrected chi connectivity index (χ2v) is 4.73. The van der Waals surface area contributed by atoms with Gasteiger partial charge in [-0.25, -0.2) is 4.57 Å². The van der Waals surface area contributed by atoms with E-state index in [0.29, 0.717) is 0 Å². The van der Waals surface area contributed by atoms with Crippen molar-refractivity contribution in [3.8, 4) is 17.2 Å². The first-order valence-electron chi connectivity index (χ1n) is 5.12. The first-order valence-corrected chi connectivity index (χ1v) is 6.61. The normalized spacial score (nSPS) is 13.6. The van der Waals surface area contributed by atoms with Crippen LogP contribution in [0.3, 0.4) is 0 Å². The molecule has 6 heteroatoms. The van der Waals surface area contributed by atoms with Crippen molar-refractivity contribution >= 4 is 7.82 Å². The molecule has 0 fully saturated rings. The molecule has 0 saturated carbocycles. The Hall–Kier alpha value is -1.97. The Kier molecular flexibility index (Phi) is 3.55. The molecule has 18 heavy (non-hydrogen) atoms. The van der Waals surface area contributed by atoms with E-state index in [9.17, 15) is 14.6 Å². The molecule has 2 aromatic rings. The second kappa shape index (κ2) is 5.12.